The molecule has 1 fully saturated rings. The van der Waals surface area contributed by atoms with Gasteiger partial charge in [-0.2, -0.15) is 0 Å². The highest BCUT2D eigenvalue weighted by Crippen LogP contribution is 2.13. The van der Waals surface area contributed by atoms with E-state index in [1.807, 2.05) is 29.2 Å². The molecule has 2 rings (SSSR count). The van der Waals surface area contributed by atoms with Crippen molar-refractivity contribution in [1.29, 1.82) is 0 Å². The minimum atomic E-state index is 0. The number of rotatable bonds is 1. The number of amides is 1. The van der Waals surface area contributed by atoms with Crippen molar-refractivity contribution in [3.63, 3.8) is 0 Å². The van der Waals surface area contributed by atoms with Gasteiger partial charge in [-0.15, -0.1) is 12.4 Å². The second kappa shape index (κ2) is 6.56. The normalized spacial score (nSPS) is 19.6. The molecule has 1 aromatic carbocycles. The predicted molar refractivity (Wildman–Crippen MR) is 79.8 cm³/mol. The van der Waals surface area contributed by atoms with E-state index in [1.165, 1.54) is 0 Å². The minimum Gasteiger partial charge on any atom is -0.333 e. The zero-order valence-corrected chi connectivity index (χ0v) is 12.6. The van der Waals surface area contributed by atoms with E-state index in [9.17, 15) is 4.79 Å². The Kier molecular flexibility index (Phi) is 5.69. The predicted octanol–water partition coefficient (Wildman–Crippen LogP) is 2.15. The van der Waals surface area contributed by atoms with Crippen LogP contribution in [-0.2, 0) is 0 Å². The molecule has 94 valence electrons. The molecule has 1 N–H and O–H groups in total. The molecule has 1 amide bonds. The average molecular weight is 367 g/mol. The fourth-order valence-electron chi connectivity index (χ4n) is 1.93. The summed E-state index contributed by atoms with van der Waals surface area (Å²) in [5, 5.41) is 3.29. The topological polar surface area (TPSA) is 32.3 Å². The highest BCUT2D eigenvalue weighted by molar-refractivity contribution is 14.1. The minimum absolute atomic E-state index is 0. The zero-order valence-electron chi connectivity index (χ0n) is 9.65. The molecule has 1 heterocycles. The molecular formula is C12H16ClIN2O. The molecule has 3 nitrogen and oxygen atoms in total. The third-order valence-corrected chi connectivity index (χ3v) is 3.50. The number of benzene rings is 1. The maximum Gasteiger partial charge on any atom is 0.254 e. The van der Waals surface area contributed by atoms with Crippen LogP contribution in [0.25, 0.3) is 0 Å². The third kappa shape index (κ3) is 3.56. The van der Waals surface area contributed by atoms with Crippen molar-refractivity contribution >= 4 is 40.9 Å². The van der Waals surface area contributed by atoms with E-state index in [-0.39, 0.29) is 24.4 Å². The molecule has 1 aliphatic heterocycles. The van der Waals surface area contributed by atoms with E-state index in [0.29, 0.717) is 0 Å². The molecule has 0 bridgehead atoms. The van der Waals surface area contributed by atoms with Crippen molar-refractivity contribution in [2.45, 2.75) is 13.0 Å². The van der Waals surface area contributed by atoms with Crippen LogP contribution in [0.1, 0.15) is 17.3 Å². The lowest BCUT2D eigenvalue weighted by molar-refractivity contribution is 0.0655. The molecule has 0 unspecified atom stereocenters. The van der Waals surface area contributed by atoms with Crippen molar-refractivity contribution in [3.8, 4) is 0 Å². The Morgan fingerprint density at radius 3 is 2.94 bits per heavy atom. The summed E-state index contributed by atoms with van der Waals surface area (Å²) < 4.78 is 1.10. The van der Waals surface area contributed by atoms with Crippen LogP contribution < -0.4 is 5.32 Å². The van der Waals surface area contributed by atoms with Gasteiger partial charge in [0, 0.05) is 34.8 Å². The Labute approximate surface area is 122 Å². The first-order valence-electron chi connectivity index (χ1n) is 5.46. The lowest BCUT2D eigenvalue weighted by Gasteiger charge is -2.34. The summed E-state index contributed by atoms with van der Waals surface area (Å²) in [5.74, 6) is 0.146. The van der Waals surface area contributed by atoms with Gasteiger partial charge in [-0.25, -0.2) is 0 Å². The Balaban J connectivity index is 0.00000144. The van der Waals surface area contributed by atoms with Crippen LogP contribution in [0.15, 0.2) is 24.3 Å². The summed E-state index contributed by atoms with van der Waals surface area (Å²) in [5.41, 5.74) is 0.792. The van der Waals surface area contributed by atoms with Crippen molar-refractivity contribution in [1.82, 2.24) is 10.2 Å². The van der Waals surface area contributed by atoms with Crippen LogP contribution in [0.4, 0.5) is 0 Å². The number of carbonyl (C=O) groups excluding carboxylic acids is 1. The van der Waals surface area contributed by atoms with Gasteiger partial charge in [0.1, 0.15) is 0 Å². The zero-order chi connectivity index (χ0) is 11.5. The molecule has 0 spiro atoms. The molecule has 1 aromatic rings. The van der Waals surface area contributed by atoms with Gasteiger partial charge in [0.15, 0.2) is 0 Å². The van der Waals surface area contributed by atoms with Gasteiger partial charge in [0.05, 0.1) is 0 Å². The van der Waals surface area contributed by atoms with E-state index in [0.717, 1.165) is 28.8 Å². The summed E-state index contributed by atoms with van der Waals surface area (Å²) in [4.78, 5) is 14.2. The molecule has 1 aliphatic rings. The second-order valence-electron chi connectivity index (χ2n) is 4.06. The van der Waals surface area contributed by atoms with Gasteiger partial charge < -0.3 is 10.2 Å². The maximum absolute atomic E-state index is 12.3. The first-order chi connectivity index (χ1) is 7.68. The molecule has 1 atom stereocenters. The fourth-order valence-corrected chi connectivity index (χ4v) is 2.47. The highest BCUT2D eigenvalue weighted by Gasteiger charge is 2.23. The number of nitrogens with zero attached hydrogens (tertiary/aromatic N) is 1. The molecule has 1 saturated heterocycles. The van der Waals surface area contributed by atoms with Gasteiger partial charge in [0.2, 0.25) is 0 Å². The summed E-state index contributed by atoms with van der Waals surface area (Å²) in [6, 6.07) is 8.04. The Bertz CT molecular complexity index is 400. The number of hydrogen-bond acceptors (Lipinski definition) is 2. The number of hydrogen-bond donors (Lipinski definition) is 1. The lowest BCUT2D eigenvalue weighted by Crippen LogP contribution is -2.52. The smallest absolute Gasteiger partial charge is 0.254 e. The van der Waals surface area contributed by atoms with Crippen LogP contribution in [0.2, 0.25) is 0 Å². The van der Waals surface area contributed by atoms with Crippen LogP contribution in [0, 0.1) is 3.57 Å². The van der Waals surface area contributed by atoms with Gasteiger partial charge in [0.25, 0.3) is 5.91 Å². The van der Waals surface area contributed by atoms with Crippen molar-refractivity contribution in [2.75, 3.05) is 19.6 Å². The number of nitrogens with one attached hydrogen (secondary N) is 1. The van der Waals surface area contributed by atoms with Gasteiger partial charge in [-0.1, -0.05) is 6.07 Å². The first kappa shape index (κ1) is 14.7. The SMILES string of the molecule is C[C@@H]1CNCCN1C(=O)c1cccc(I)c1.Cl. The molecule has 0 radical (unpaired) electrons. The summed E-state index contributed by atoms with van der Waals surface area (Å²) in [6.07, 6.45) is 0. The lowest BCUT2D eigenvalue weighted by atomic mass is 10.1. The Hall–Kier alpha value is -0.330. The van der Waals surface area contributed by atoms with Crippen LogP contribution in [0.3, 0.4) is 0 Å². The average Bonchev–Trinajstić information content (AvgIpc) is 2.29. The van der Waals surface area contributed by atoms with E-state index >= 15 is 0 Å². The molecule has 0 aliphatic carbocycles. The fraction of sp³-hybridized carbons (Fsp3) is 0.417. The Morgan fingerprint density at radius 2 is 2.29 bits per heavy atom. The van der Waals surface area contributed by atoms with E-state index < -0.39 is 0 Å². The molecule has 0 aromatic heterocycles. The molecule has 0 saturated carbocycles. The monoisotopic (exact) mass is 366 g/mol. The first-order valence-corrected chi connectivity index (χ1v) is 6.53. The molecular weight excluding hydrogens is 351 g/mol. The number of piperazine rings is 1. The van der Waals surface area contributed by atoms with Crippen LogP contribution in [-0.4, -0.2) is 36.5 Å². The van der Waals surface area contributed by atoms with E-state index in [4.69, 9.17) is 0 Å². The summed E-state index contributed by atoms with van der Waals surface area (Å²) in [6.45, 7) is 4.65. The van der Waals surface area contributed by atoms with E-state index in [2.05, 4.69) is 34.8 Å². The van der Waals surface area contributed by atoms with Crippen molar-refractivity contribution < 1.29 is 4.79 Å². The molecule has 17 heavy (non-hydrogen) atoms. The summed E-state index contributed by atoms with van der Waals surface area (Å²) in [7, 11) is 0. The number of carbonyl (C=O) groups is 1. The van der Waals surface area contributed by atoms with Crippen molar-refractivity contribution in [2.24, 2.45) is 0 Å². The maximum atomic E-state index is 12.3. The van der Waals surface area contributed by atoms with Crippen molar-refractivity contribution in [3.05, 3.63) is 33.4 Å². The Morgan fingerprint density at radius 1 is 1.53 bits per heavy atom. The van der Waals surface area contributed by atoms with E-state index in [1.54, 1.807) is 0 Å². The standard InChI is InChI=1S/C12H15IN2O.ClH/c1-9-8-14-5-6-15(9)12(16)10-3-2-4-11(13)7-10;/h2-4,7,9,14H,5-6,8H2,1H3;1H/t9-;/m1./s1. The second-order valence-corrected chi connectivity index (χ2v) is 5.31. The molecule has 5 heteroatoms. The van der Waals surface area contributed by atoms with Gasteiger partial charge in [-0.05, 0) is 47.7 Å². The number of halogens is 2. The quantitative estimate of drug-likeness (QED) is 0.773. The highest BCUT2D eigenvalue weighted by atomic mass is 127. The third-order valence-electron chi connectivity index (χ3n) is 2.83. The van der Waals surface area contributed by atoms with Crippen LogP contribution >= 0.6 is 35.0 Å². The van der Waals surface area contributed by atoms with Gasteiger partial charge >= 0.3 is 0 Å². The van der Waals surface area contributed by atoms with Crippen LogP contribution in [0.5, 0.6) is 0 Å². The van der Waals surface area contributed by atoms with Gasteiger partial charge in [-0.3, -0.25) is 4.79 Å². The largest absolute Gasteiger partial charge is 0.333 e. The summed E-state index contributed by atoms with van der Waals surface area (Å²) >= 11 is 2.23.